The minimum Gasteiger partial charge on any atom is -0.393 e. The molecule has 0 radical (unpaired) electrons. The van der Waals surface area contributed by atoms with Gasteiger partial charge in [-0.1, -0.05) is 6.07 Å². The van der Waals surface area contributed by atoms with Crippen LogP contribution in [0.2, 0.25) is 0 Å². The van der Waals surface area contributed by atoms with Crippen LogP contribution >= 0.6 is 11.3 Å². The van der Waals surface area contributed by atoms with Crippen LogP contribution in [-0.2, 0) is 23.0 Å². The monoisotopic (exact) mass is 409 g/mol. The van der Waals surface area contributed by atoms with Crippen molar-refractivity contribution in [2.45, 2.75) is 44.2 Å². The second-order valence-corrected chi connectivity index (χ2v) is 9.33. The highest BCUT2D eigenvalue weighted by Gasteiger charge is 2.25. The largest absolute Gasteiger partial charge is 0.393 e. The molecular weight excluding hydrogens is 386 g/mol. The van der Waals surface area contributed by atoms with Crippen molar-refractivity contribution >= 4 is 27.3 Å². The number of aromatic nitrogens is 1. The fraction of sp³-hybridized carbons (Fsp3) is 0.444. The lowest BCUT2D eigenvalue weighted by atomic mass is 10.00. The molecule has 1 atom stereocenters. The fourth-order valence-electron chi connectivity index (χ4n) is 3.01. The molecule has 0 saturated carbocycles. The van der Waals surface area contributed by atoms with Gasteiger partial charge < -0.3 is 10.0 Å². The van der Waals surface area contributed by atoms with Gasteiger partial charge in [-0.3, -0.25) is 4.79 Å². The smallest absolute Gasteiger partial charge is 0.266 e. The number of carbonyl (C=O) groups is 1. The van der Waals surface area contributed by atoms with Crippen LogP contribution in [0.5, 0.6) is 0 Å². The lowest BCUT2D eigenvalue weighted by Crippen LogP contribution is -2.36. The molecule has 0 fully saturated rings. The van der Waals surface area contributed by atoms with Gasteiger partial charge in [0.2, 0.25) is 10.0 Å². The van der Waals surface area contributed by atoms with Gasteiger partial charge in [0.1, 0.15) is 4.88 Å². The molecule has 2 N–H and O–H groups in total. The summed E-state index contributed by atoms with van der Waals surface area (Å²) in [5, 5.41) is 9.28. The van der Waals surface area contributed by atoms with E-state index in [1.165, 1.54) is 11.3 Å². The third kappa shape index (κ3) is 4.55. The molecule has 1 aromatic heterocycles. The molecule has 3 rings (SSSR count). The number of hydrogen-bond acceptors (Lipinski definition) is 6. The Morgan fingerprint density at radius 2 is 2.19 bits per heavy atom. The fourth-order valence-corrected chi connectivity index (χ4v) is 4.88. The average molecular weight is 410 g/mol. The lowest BCUT2D eigenvalue weighted by molar-refractivity contribution is 0.0738. The molecule has 9 heteroatoms. The maximum atomic E-state index is 12.7. The van der Waals surface area contributed by atoms with Crippen molar-refractivity contribution in [2.75, 3.05) is 13.1 Å². The van der Waals surface area contributed by atoms with Gasteiger partial charge in [0.05, 0.1) is 22.2 Å². The molecule has 0 spiro atoms. The van der Waals surface area contributed by atoms with Crippen LogP contribution in [0, 0.1) is 6.92 Å². The van der Waals surface area contributed by atoms with Crippen LogP contribution in [0.1, 0.15) is 39.8 Å². The van der Waals surface area contributed by atoms with Crippen molar-refractivity contribution < 1.29 is 18.3 Å². The molecule has 27 heavy (non-hydrogen) atoms. The summed E-state index contributed by atoms with van der Waals surface area (Å²) in [5.74, 6) is -0.0658. The van der Waals surface area contributed by atoms with Crippen LogP contribution < -0.4 is 4.72 Å². The topological polar surface area (TPSA) is 99.6 Å². The zero-order chi connectivity index (χ0) is 19.6. The van der Waals surface area contributed by atoms with Crippen molar-refractivity contribution in [2.24, 2.45) is 0 Å². The summed E-state index contributed by atoms with van der Waals surface area (Å²) in [6, 6.07) is 5.05. The summed E-state index contributed by atoms with van der Waals surface area (Å²) >= 11 is 1.32. The number of amides is 1. The summed E-state index contributed by atoms with van der Waals surface area (Å²) in [6.07, 6.45) is 0.473. The van der Waals surface area contributed by atoms with E-state index in [0.29, 0.717) is 30.8 Å². The molecule has 1 aromatic carbocycles. The Bertz CT molecular complexity index is 938. The summed E-state index contributed by atoms with van der Waals surface area (Å²) in [7, 11) is -3.65. The number of aliphatic hydroxyl groups is 1. The zero-order valence-corrected chi connectivity index (χ0v) is 16.9. The maximum absolute atomic E-state index is 12.7. The number of nitrogens with zero attached hydrogens (tertiary/aromatic N) is 2. The van der Waals surface area contributed by atoms with Gasteiger partial charge in [-0.25, -0.2) is 18.1 Å². The SMILES string of the molecule is Cc1ncsc1C(=O)N1CCc2ccc(S(=O)(=O)NCCC(C)O)cc2C1. The van der Waals surface area contributed by atoms with E-state index in [2.05, 4.69) is 9.71 Å². The Balaban J connectivity index is 1.77. The minimum atomic E-state index is -3.65. The Labute approximate surface area is 163 Å². The second-order valence-electron chi connectivity index (χ2n) is 6.71. The lowest BCUT2D eigenvalue weighted by Gasteiger charge is -2.29. The quantitative estimate of drug-likeness (QED) is 0.756. The highest BCUT2D eigenvalue weighted by atomic mass is 32.2. The number of nitrogens with one attached hydrogen (secondary N) is 1. The molecule has 2 aromatic rings. The van der Waals surface area contributed by atoms with Gasteiger partial charge in [0.15, 0.2) is 0 Å². The number of sulfonamides is 1. The van der Waals surface area contributed by atoms with Gasteiger partial charge in [0.25, 0.3) is 5.91 Å². The van der Waals surface area contributed by atoms with E-state index in [1.807, 2.05) is 13.0 Å². The average Bonchev–Trinajstić information content (AvgIpc) is 3.05. The number of benzene rings is 1. The normalized spacial score (nSPS) is 15.4. The van der Waals surface area contributed by atoms with Crippen LogP contribution in [0.3, 0.4) is 0 Å². The molecule has 2 heterocycles. The summed E-state index contributed by atoms with van der Waals surface area (Å²) in [5.41, 5.74) is 4.27. The highest BCUT2D eigenvalue weighted by Crippen LogP contribution is 2.25. The highest BCUT2D eigenvalue weighted by molar-refractivity contribution is 7.89. The van der Waals surface area contributed by atoms with Crippen molar-refractivity contribution in [3.05, 3.63) is 45.4 Å². The van der Waals surface area contributed by atoms with Crippen LogP contribution in [-0.4, -0.2) is 48.5 Å². The van der Waals surface area contributed by atoms with E-state index in [1.54, 1.807) is 29.5 Å². The summed E-state index contributed by atoms with van der Waals surface area (Å²) in [4.78, 5) is 19.4. The van der Waals surface area contributed by atoms with Gasteiger partial charge in [-0.15, -0.1) is 11.3 Å². The number of thiazole rings is 1. The predicted octanol–water partition coefficient (Wildman–Crippen LogP) is 1.70. The molecule has 0 bridgehead atoms. The van der Waals surface area contributed by atoms with E-state index in [-0.39, 0.29) is 17.3 Å². The van der Waals surface area contributed by atoms with Crippen molar-refractivity contribution in [3.8, 4) is 0 Å². The maximum Gasteiger partial charge on any atom is 0.266 e. The van der Waals surface area contributed by atoms with Gasteiger partial charge in [-0.2, -0.15) is 0 Å². The predicted molar refractivity (Wildman–Crippen MR) is 103 cm³/mol. The van der Waals surface area contributed by atoms with Crippen LogP contribution in [0.25, 0.3) is 0 Å². The van der Waals surface area contributed by atoms with Crippen molar-refractivity contribution in [3.63, 3.8) is 0 Å². The third-order valence-corrected chi connectivity index (χ3v) is 6.96. The first-order valence-corrected chi connectivity index (χ1v) is 11.1. The van der Waals surface area contributed by atoms with Crippen molar-refractivity contribution in [1.82, 2.24) is 14.6 Å². The number of rotatable bonds is 6. The first-order chi connectivity index (χ1) is 12.8. The van der Waals surface area contributed by atoms with E-state index in [4.69, 9.17) is 0 Å². The number of aryl methyl sites for hydroxylation is 1. The molecule has 0 saturated heterocycles. The molecule has 1 aliphatic rings. The first kappa shape index (κ1) is 19.9. The van der Waals surface area contributed by atoms with Crippen molar-refractivity contribution in [1.29, 1.82) is 0 Å². The molecule has 146 valence electrons. The van der Waals surface area contributed by atoms with E-state index < -0.39 is 16.1 Å². The van der Waals surface area contributed by atoms with Gasteiger partial charge in [0, 0.05) is 19.6 Å². The van der Waals surface area contributed by atoms with E-state index >= 15 is 0 Å². The van der Waals surface area contributed by atoms with Crippen LogP contribution in [0.4, 0.5) is 0 Å². The third-order valence-electron chi connectivity index (χ3n) is 4.58. The molecule has 7 nitrogen and oxygen atoms in total. The van der Waals surface area contributed by atoms with E-state index in [9.17, 15) is 18.3 Å². The standard InChI is InChI=1S/C18H23N3O4S2/c1-12(22)5-7-20-27(24,25)16-4-3-14-6-8-21(10-15(14)9-16)18(23)17-13(2)19-11-26-17/h3-4,9,11-12,20,22H,5-8,10H2,1-2H3. The number of carbonyl (C=O) groups excluding carboxylic acids is 1. The van der Waals surface area contributed by atoms with Gasteiger partial charge >= 0.3 is 0 Å². The number of hydrogen-bond donors (Lipinski definition) is 2. The first-order valence-electron chi connectivity index (χ1n) is 8.77. The second kappa shape index (κ2) is 8.05. The Hall–Kier alpha value is -1.81. The Kier molecular flexibility index (Phi) is 5.95. The molecule has 1 aliphatic heterocycles. The Morgan fingerprint density at radius 3 is 2.85 bits per heavy atom. The van der Waals surface area contributed by atoms with E-state index in [0.717, 1.165) is 16.8 Å². The molecule has 1 amide bonds. The minimum absolute atomic E-state index is 0.0658. The van der Waals surface area contributed by atoms with Crippen LogP contribution in [0.15, 0.2) is 28.6 Å². The summed E-state index contributed by atoms with van der Waals surface area (Å²) in [6.45, 7) is 4.58. The molecule has 0 aliphatic carbocycles. The molecular formula is C18H23N3O4S2. The number of fused-ring (bicyclic) bond motifs is 1. The summed E-state index contributed by atoms with van der Waals surface area (Å²) < 4.78 is 27.4. The van der Waals surface area contributed by atoms with Gasteiger partial charge in [-0.05, 0) is 49.9 Å². The zero-order valence-electron chi connectivity index (χ0n) is 15.3. The molecule has 1 unspecified atom stereocenters. The Morgan fingerprint density at radius 1 is 1.41 bits per heavy atom. The number of aliphatic hydroxyl groups excluding tert-OH is 1.